The minimum atomic E-state index is -3.65. The molecule has 4 rings (SSSR count). The van der Waals surface area contributed by atoms with Gasteiger partial charge < -0.3 is 0 Å². The molecule has 1 aromatic rings. The summed E-state index contributed by atoms with van der Waals surface area (Å²) in [7, 11) is -3.65. The lowest BCUT2D eigenvalue weighted by molar-refractivity contribution is -0.131. The Labute approximate surface area is 170 Å². The van der Waals surface area contributed by atoms with E-state index in [9.17, 15) is 18.0 Å². The molecule has 2 fully saturated rings. The van der Waals surface area contributed by atoms with Crippen LogP contribution in [0.3, 0.4) is 0 Å². The first-order chi connectivity index (χ1) is 13.3. The number of rotatable bonds is 5. The number of carbonyl (C=O) groups is 2. The number of ketones is 2. The Morgan fingerprint density at radius 2 is 1.93 bits per heavy atom. The minimum Gasteiger partial charge on any atom is -0.300 e. The van der Waals surface area contributed by atoms with Crippen molar-refractivity contribution in [2.24, 2.45) is 11.3 Å². The second kappa shape index (κ2) is 7.08. The van der Waals surface area contributed by atoms with E-state index in [4.69, 9.17) is 11.6 Å². The molecule has 0 unspecified atom stereocenters. The minimum absolute atomic E-state index is 0.0422. The van der Waals surface area contributed by atoms with Crippen LogP contribution in [0.4, 0.5) is 0 Å². The van der Waals surface area contributed by atoms with E-state index in [2.05, 4.69) is 0 Å². The highest BCUT2D eigenvalue weighted by Crippen LogP contribution is 2.57. The predicted molar refractivity (Wildman–Crippen MR) is 107 cm³/mol. The van der Waals surface area contributed by atoms with Crippen LogP contribution in [0.1, 0.15) is 37.7 Å². The van der Waals surface area contributed by atoms with E-state index in [0.29, 0.717) is 31.6 Å². The molecule has 0 aromatic heterocycles. The quantitative estimate of drug-likeness (QED) is 0.684. The highest BCUT2D eigenvalue weighted by molar-refractivity contribution is 7.89. The predicted octanol–water partition coefficient (Wildman–Crippen LogP) is 3.25. The van der Waals surface area contributed by atoms with Gasteiger partial charge in [-0.05, 0) is 49.5 Å². The molecule has 2 aliphatic carbocycles. The standard InChI is InChI=1S/C21H24ClNO4S/c1-14-4-6-16(7-5-14)28(26,27)23-12-19-17(3-2-10-22)20(25)18-11-15(24)8-9-21(18,19)13-23/h4-7,18H,2-3,8-13H2,1H3/t18-,21+/m1/s1. The summed E-state index contributed by atoms with van der Waals surface area (Å²) in [5, 5.41) is 0. The Morgan fingerprint density at radius 3 is 2.61 bits per heavy atom. The van der Waals surface area contributed by atoms with E-state index >= 15 is 0 Å². The van der Waals surface area contributed by atoms with Crippen molar-refractivity contribution >= 4 is 33.2 Å². The first-order valence-electron chi connectivity index (χ1n) is 9.71. The van der Waals surface area contributed by atoms with Crippen molar-refractivity contribution in [2.45, 2.75) is 43.9 Å². The molecular weight excluding hydrogens is 398 g/mol. The van der Waals surface area contributed by atoms with Crippen LogP contribution in [0.2, 0.25) is 0 Å². The molecule has 5 nitrogen and oxygen atoms in total. The third-order valence-corrected chi connectivity index (χ3v) is 8.61. The Bertz CT molecular complexity index is 967. The van der Waals surface area contributed by atoms with Gasteiger partial charge in [0.25, 0.3) is 0 Å². The SMILES string of the molecule is Cc1ccc(S(=O)(=O)N2CC3=C(CCCCl)C(=O)[C@H]4CC(=O)CC[C@@]34C2)cc1. The average Bonchev–Trinajstić information content (AvgIpc) is 3.14. The maximum Gasteiger partial charge on any atom is 0.243 e. The molecule has 7 heteroatoms. The van der Waals surface area contributed by atoms with Gasteiger partial charge in [0.05, 0.1) is 4.90 Å². The zero-order valence-electron chi connectivity index (χ0n) is 15.9. The molecule has 1 aromatic carbocycles. The molecule has 28 heavy (non-hydrogen) atoms. The Balaban J connectivity index is 1.74. The number of halogens is 1. The second-order valence-electron chi connectivity index (χ2n) is 8.15. The molecular formula is C21H24ClNO4S. The molecule has 0 bridgehead atoms. The number of alkyl halides is 1. The van der Waals surface area contributed by atoms with E-state index in [1.54, 1.807) is 24.3 Å². The molecule has 0 N–H and O–H groups in total. The van der Waals surface area contributed by atoms with Crippen molar-refractivity contribution in [1.82, 2.24) is 4.31 Å². The van der Waals surface area contributed by atoms with Crippen molar-refractivity contribution < 1.29 is 18.0 Å². The van der Waals surface area contributed by atoms with Gasteiger partial charge in [-0.2, -0.15) is 4.31 Å². The molecule has 0 amide bonds. The number of allylic oxidation sites excluding steroid dienone is 1. The molecule has 1 saturated heterocycles. The van der Waals surface area contributed by atoms with Crippen molar-refractivity contribution in [2.75, 3.05) is 19.0 Å². The Kier molecular flexibility index (Phi) is 5.01. The summed E-state index contributed by atoms with van der Waals surface area (Å²) in [6.07, 6.45) is 2.43. The van der Waals surface area contributed by atoms with Gasteiger partial charge in [0.2, 0.25) is 10.0 Å². The number of sulfonamides is 1. The normalized spacial score (nSPS) is 28.0. The fraction of sp³-hybridized carbons (Fsp3) is 0.524. The summed E-state index contributed by atoms with van der Waals surface area (Å²) in [6.45, 7) is 2.44. The highest BCUT2D eigenvalue weighted by Gasteiger charge is 2.60. The summed E-state index contributed by atoms with van der Waals surface area (Å²) in [4.78, 5) is 25.4. The fourth-order valence-corrected chi connectivity index (χ4v) is 6.67. The van der Waals surface area contributed by atoms with E-state index in [1.807, 2.05) is 6.92 Å². The third-order valence-electron chi connectivity index (χ3n) is 6.54. The van der Waals surface area contributed by atoms with Gasteiger partial charge in [-0.3, -0.25) is 9.59 Å². The van der Waals surface area contributed by atoms with Crippen molar-refractivity contribution in [3.8, 4) is 0 Å². The lowest BCUT2D eigenvalue weighted by atomic mass is 9.66. The number of aryl methyl sites for hydroxylation is 1. The van der Waals surface area contributed by atoms with Crippen LogP contribution < -0.4 is 0 Å². The zero-order chi connectivity index (χ0) is 20.1. The van der Waals surface area contributed by atoms with Gasteiger partial charge in [-0.1, -0.05) is 17.7 Å². The largest absolute Gasteiger partial charge is 0.300 e. The topological polar surface area (TPSA) is 71.5 Å². The Morgan fingerprint density at radius 1 is 1.21 bits per heavy atom. The first kappa shape index (κ1) is 19.8. The van der Waals surface area contributed by atoms with E-state index < -0.39 is 21.4 Å². The van der Waals surface area contributed by atoms with Gasteiger partial charge in [-0.25, -0.2) is 8.42 Å². The van der Waals surface area contributed by atoms with E-state index in [0.717, 1.165) is 16.7 Å². The lowest BCUT2D eigenvalue weighted by Gasteiger charge is -2.36. The van der Waals surface area contributed by atoms with Crippen LogP contribution in [0, 0.1) is 18.3 Å². The fourth-order valence-electron chi connectivity index (χ4n) is 5.06. The zero-order valence-corrected chi connectivity index (χ0v) is 17.5. The van der Waals surface area contributed by atoms with Crippen molar-refractivity contribution in [3.05, 3.63) is 41.0 Å². The van der Waals surface area contributed by atoms with Gasteiger partial charge >= 0.3 is 0 Å². The van der Waals surface area contributed by atoms with Crippen LogP contribution in [0.25, 0.3) is 0 Å². The first-order valence-corrected chi connectivity index (χ1v) is 11.7. The van der Waals surface area contributed by atoms with Gasteiger partial charge in [0.15, 0.2) is 5.78 Å². The van der Waals surface area contributed by atoms with Crippen LogP contribution in [-0.2, 0) is 19.6 Å². The summed E-state index contributed by atoms with van der Waals surface area (Å²) in [5.41, 5.74) is 2.15. The lowest BCUT2D eigenvalue weighted by Crippen LogP contribution is -2.42. The van der Waals surface area contributed by atoms with Gasteiger partial charge in [0, 0.05) is 43.1 Å². The van der Waals surface area contributed by atoms with Gasteiger partial charge in [-0.15, -0.1) is 11.6 Å². The van der Waals surface area contributed by atoms with Crippen LogP contribution in [-0.4, -0.2) is 43.3 Å². The Hall–Kier alpha value is -1.50. The molecule has 1 heterocycles. The molecule has 1 spiro atoms. The maximum absolute atomic E-state index is 13.2. The summed E-state index contributed by atoms with van der Waals surface area (Å²) in [5.74, 6) is 0.182. The molecule has 0 radical (unpaired) electrons. The van der Waals surface area contributed by atoms with Crippen LogP contribution in [0.15, 0.2) is 40.3 Å². The molecule has 2 atom stereocenters. The molecule has 1 saturated carbocycles. The monoisotopic (exact) mass is 421 g/mol. The van der Waals surface area contributed by atoms with Gasteiger partial charge in [0.1, 0.15) is 5.78 Å². The van der Waals surface area contributed by atoms with E-state index in [1.165, 1.54) is 4.31 Å². The molecule has 1 aliphatic heterocycles. The number of carbonyl (C=O) groups excluding carboxylic acids is 2. The van der Waals surface area contributed by atoms with E-state index in [-0.39, 0.29) is 36.0 Å². The van der Waals surface area contributed by atoms with Crippen molar-refractivity contribution in [3.63, 3.8) is 0 Å². The number of hydrogen-bond acceptors (Lipinski definition) is 4. The van der Waals surface area contributed by atoms with Crippen LogP contribution in [0.5, 0.6) is 0 Å². The van der Waals surface area contributed by atoms with Crippen molar-refractivity contribution in [1.29, 1.82) is 0 Å². The number of nitrogens with zero attached hydrogens (tertiary/aromatic N) is 1. The summed E-state index contributed by atoms with van der Waals surface area (Å²) >= 11 is 5.84. The van der Waals surface area contributed by atoms with Crippen LogP contribution >= 0.6 is 11.6 Å². The third kappa shape index (κ3) is 2.97. The number of Topliss-reactive ketones (excluding diaryl/α,β-unsaturated/α-hetero) is 2. The number of benzene rings is 1. The smallest absolute Gasteiger partial charge is 0.243 e. The second-order valence-corrected chi connectivity index (χ2v) is 10.5. The number of hydrogen-bond donors (Lipinski definition) is 0. The summed E-state index contributed by atoms with van der Waals surface area (Å²) < 4.78 is 28.0. The summed E-state index contributed by atoms with van der Waals surface area (Å²) in [6, 6.07) is 6.84. The molecule has 3 aliphatic rings. The molecule has 150 valence electrons. The maximum atomic E-state index is 13.2. The average molecular weight is 422 g/mol. The highest BCUT2D eigenvalue weighted by atomic mass is 35.5.